The fourth-order valence-corrected chi connectivity index (χ4v) is 1.71. The summed E-state index contributed by atoms with van der Waals surface area (Å²) in [6, 6.07) is 0. The zero-order chi connectivity index (χ0) is 11.4. The minimum absolute atomic E-state index is 0.0377. The van der Waals surface area contributed by atoms with Gasteiger partial charge in [-0.05, 0) is 6.42 Å². The van der Waals surface area contributed by atoms with Gasteiger partial charge in [-0.3, -0.25) is 9.59 Å². The molecular formula is C11H20N2O2. The molecule has 4 nitrogen and oxygen atoms in total. The number of rotatable bonds is 4. The molecule has 0 aromatic carbocycles. The van der Waals surface area contributed by atoms with Crippen LogP contribution in [0.1, 0.15) is 26.7 Å². The normalized spacial score (nSPS) is 16.1. The largest absolute Gasteiger partial charge is 0.345 e. The van der Waals surface area contributed by atoms with E-state index in [0.717, 1.165) is 19.4 Å². The van der Waals surface area contributed by atoms with E-state index in [0.29, 0.717) is 13.1 Å². The molecule has 0 unspecified atom stereocenters. The van der Waals surface area contributed by atoms with Crippen molar-refractivity contribution in [1.82, 2.24) is 9.80 Å². The van der Waals surface area contributed by atoms with Crippen molar-refractivity contribution in [3.63, 3.8) is 0 Å². The Morgan fingerprint density at radius 1 is 1.40 bits per heavy atom. The summed E-state index contributed by atoms with van der Waals surface area (Å²) in [5.41, 5.74) is 0. The molecule has 86 valence electrons. The lowest BCUT2D eigenvalue weighted by Gasteiger charge is -2.39. The molecule has 0 bridgehead atoms. The van der Waals surface area contributed by atoms with E-state index in [-0.39, 0.29) is 17.7 Å². The topological polar surface area (TPSA) is 40.6 Å². The molecular weight excluding hydrogens is 192 g/mol. The van der Waals surface area contributed by atoms with Gasteiger partial charge in [-0.15, -0.1) is 0 Å². The van der Waals surface area contributed by atoms with Gasteiger partial charge in [0.05, 0.1) is 5.92 Å². The lowest BCUT2D eigenvalue weighted by atomic mass is 9.98. The van der Waals surface area contributed by atoms with Crippen LogP contribution >= 0.6 is 0 Å². The summed E-state index contributed by atoms with van der Waals surface area (Å²) in [7, 11) is 1.84. The second kappa shape index (κ2) is 5.14. The van der Waals surface area contributed by atoms with Gasteiger partial charge in [-0.1, -0.05) is 13.3 Å². The van der Waals surface area contributed by atoms with Crippen LogP contribution in [0.15, 0.2) is 0 Å². The van der Waals surface area contributed by atoms with Crippen LogP contribution < -0.4 is 0 Å². The first-order valence-corrected chi connectivity index (χ1v) is 5.56. The number of carbonyl (C=O) groups excluding carboxylic acids is 2. The van der Waals surface area contributed by atoms with Crippen LogP contribution in [0.4, 0.5) is 0 Å². The minimum atomic E-state index is 0.0377. The van der Waals surface area contributed by atoms with Crippen LogP contribution in [-0.2, 0) is 9.59 Å². The third kappa shape index (κ3) is 2.94. The van der Waals surface area contributed by atoms with Crippen molar-refractivity contribution in [2.75, 3.05) is 26.7 Å². The fraction of sp³-hybridized carbons (Fsp3) is 0.818. The number of unbranched alkanes of at least 4 members (excludes halogenated alkanes) is 1. The zero-order valence-corrected chi connectivity index (χ0v) is 9.82. The van der Waals surface area contributed by atoms with Crippen molar-refractivity contribution in [2.24, 2.45) is 5.92 Å². The molecule has 0 N–H and O–H groups in total. The van der Waals surface area contributed by atoms with Crippen LogP contribution in [0, 0.1) is 5.92 Å². The Hall–Kier alpha value is -1.06. The number of nitrogens with zero attached hydrogens (tertiary/aromatic N) is 2. The molecule has 1 fully saturated rings. The van der Waals surface area contributed by atoms with Gasteiger partial charge in [-0.2, -0.15) is 0 Å². The average Bonchev–Trinajstić information content (AvgIpc) is 2.10. The Bertz CT molecular complexity index is 247. The van der Waals surface area contributed by atoms with Crippen LogP contribution in [0.5, 0.6) is 0 Å². The molecule has 0 spiro atoms. The highest BCUT2D eigenvalue weighted by Crippen LogP contribution is 2.17. The molecule has 1 aliphatic rings. The predicted molar refractivity (Wildman–Crippen MR) is 58.3 cm³/mol. The molecule has 1 saturated heterocycles. The lowest BCUT2D eigenvalue weighted by Crippen LogP contribution is -2.55. The summed E-state index contributed by atoms with van der Waals surface area (Å²) in [6.07, 6.45) is 2.15. The highest BCUT2D eigenvalue weighted by molar-refractivity contribution is 5.83. The molecule has 2 amide bonds. The van der Waals surface area contributed by atoms with Crippen molar-refractivity contribution in [1.29, 1.82) is 0 Å². The van der Waals surface area contributed by atoms with Crippen LogP contribution in [0.3, 0.4) is 0 Å². The van der Waals surface area contributed by atoms with Gasteiger partial charge in [0.25, 0.3) is 0 Å². The molecule has 0 saturated carbocycles. The summed E-state index contributed by atoms with van der Waals surface area (Å²) < 4.78 is 0. The van der Waals surface area contributed by atoms with Gasteiger partial charge in [0, 0.05) is 33.6 Å². The van der Waals surface area contributed by atoms with Crippen LogP contribution in [0.2, 0.25) is 0 Å². The van der Waals surface area contributed by atoms with E-state index in [9.17, 15) is 9.59 Å². The molecule has 1 rings (SSSR count). The third-order valence-corrected chi connectivity index (χ3v) is 2.90. The third-order valence-electron chi connectivity index (χ3n) is 2.90. The van der Waals surface area contributed by atoms with Crippen molar-refractivity contribution < 1.29 is 9.59 Å². The van der Waals surface area contributed by atoms with Crippen LogP contribution in [0.25, 0.3) is 0 Å². The van der Waals surface area contributed by atoms with Gasteiger partial charge in [0.15, 0.2) is 0 Å². The second-order valence-electron chi connectivity index (χ2n) is 4.23. The van der Waals surface area contributed by atoms with Gasteiger partial charge < -0.3 is 9.80 Å². The van der Waals surface area contributed by atoms with Crippen molar-refractivity contribution in [2.45, 2.75) is 26.7 Å². The van der Waals surface area contributed by atoms with Crippen LogP contribution in [-0.4, -0.2) is 48.3 Å². The molecule has 15 heavy (non-hydrogen) atoms. The first kappa shape index (κ1) is 12.0. The number of hydrogen-bond acceptors (Lipinski definition) is 2. The van der Waals surface area contributed by atoms with Crippen molar-refractivity contribution >= 4 is 11.8 Å². The lowest BCUT2D eigenvalue weighted by molar-refractivity contribution is -0.146. The standard InChI is InChI=1S/C11H20N2O2/c1-4-5-6-12(3)11(15)10-7-13(8-10)9(2)14/h10H,4-8H2,1-3H3. The number of likely N-dealkylation sites (tertiary alicyclic amines) is 1. The molecule has 0 radical (unpaired) electrons. The summed E-state index contributed by atoms with van der Waals surface area (Å²) in [5, 5.41) is 0. The number of amides is 2. The summed E-state index contributed by atoms with van der Waals surface area (Å²) >= 11 is 0. The molecule has 1 aliphatic heterocycles. The Morgan fingerprint density at radius 2 is 2.00 bits per heavy atom. The quantitative estimate of drug-likeness (QED) is 0.689. The van der Waals surface area contributed by atoms with E-state index in [1.54, 1.807) is 16.7 Å². The van der Waals surface area contributed by atoms with E-state index in [2.05, 4.69) is 6.92 Å². The smallest absolute Gasteiger partial charge is 0.229 e. The first-order chi connectivity index (χ1) is 7.06. The summed E-state index contributed by atoms with van der Waals surface area (Å²) in [4.78, 5) is 26.2. The highest BCUT2D eigenvalue weighted by Gasteiger charge is 2.35. The molecule has 0 aromatic heterocycles. The zero-order valence-electron chi connectivity index (χ0n) is 9.82. The van der Waals surface area contributed by atoms with Gasteiger partial charge in [0.2, 0.25) is 11.8 Å². The van der Waals surface area contributed by atoms with Gasteiger partial charge >= 0.3 is 0 Å². The van der Waals surface area contributed by atoms with E-state index in [1.165, 1.54) is 0 Å². The van der Waals surface area contributed by atoms with Gasteiger partial charge in [0.1, 0.15) is 0 Å². The summed E-state index contributed by atoms with van der Waals surface area (Å²) in [5.74, 6) is 0.284. The molecule has 1 heterocycles. The van der Waals surface area contributed by atoms with Crippen molar-refractivity contribution in [3.8, 4) is 0 Å². The van der Waals surface area contributed by atoms with E-state index < -0.39 is 0 Å². The Balaban J connectivity index is 2.28. The predicted octanol–water partition coefficient (Wildman–Crippen LogP) is 0.723. The van der Waals surface area contributed by atoms with E-state index in [1.807, 2.05) is 7.05 Å². The number of hydrogen-bond donors (Lipinski definition) is 0. The molecule has 0 aliphatic carbocycles. The Morgan fingerprint density at radius 3 is 2.47 bits per heavy atom. The summed E-state index contributed by atoms with van der Waals surface area (Å²) in [6.45, 7) is 5.68. The Labute approximate surface area is 91.2 Å². The molecule has 0 atom stereocenters. The molecule has 0 aromatic rings. The average molecular weight is 212 g/mol. The first-order valence-electron chi connectivity index (χ1n) is 5.56. The Kier molecular flexibility index (Phi) is 4.12. The maximum absolute atomic E-state index is 11.8. The second-order valence-corrected chi connectivity index (χ2v) is 4.23. The molecule has 4 heteroatoms. The minimum Gasteiger partial charge on any atom is -0.345 e. The van der Waals surface area contributed by atoms with E-state index in [4.69, 9.17) is 0 Å². The number of carbonyl (C=O) groups is 2. The SMILES string of the molecule is CCCCN(C)C(=O)C1CN(C(C)=O)C1. The highest BCUT2D eigenvalue weighted by atomic mass is 16.2. The monoisotopic (exact) mass is 212 g/mol. The maximum Gasteiger partial charge on any atom is 0.229 e. The van der Waals surface area contributed by atoms with Gasteiger partial charge in [-0.25, -0.2) is 0 Å². The fourth-order valence-electron chi connectivity index (χ4n) is 1.71. The van der Waals surface area contributed by atoms with E-state index >= 15 is 0 Å². The maximum atomic E-state index is 11.8. The van der Waals surface area contributed by atoms with Crippen molar-refractivity contribution in [3.05, 3.63) is 0 Å².